The highest BCUT2D eigenvalue weighted by Crippen LogP contribution is 2.18. The van der Waals surface area contributed by atoms with Crippen molar-refractivity contribution in [3.8, 4) is 0 Å². The Morgan fingerprint density at radius 2 is 2.00 bits per heavy atom. The van der Waals surface area contributed by atoms with E-state index in [1.807, 2.05) is 7.05 Å². The van der Waals surface area contributed by atoms with Gasteiger partial charge in [0.1, 0.15) is 0 Å². The molecule has 0 saturated heterocycles. The Balaban J connectivity index is 2.57. The summed E-state index contributed by atoms with van der Waals surface area (Å²) in [7, 11) is 1.99. The van der Waals surface area contributed by atoms with Crippen LogP contribution in [0.25, 0.3) is 0 Å². The van der Waals surface area contributed by atoms with Crippen molar-refractivity contribution in [1.82, 2.24) is 5.32 Å². The van der Waals surface area contributed by atoms with Crippen LogP contribution in [0.15, 0.2) is 24.3 Å². The van der Waals surface area contributed by atoms with E-state index in [2.05, 4.69) is 50.4 Å². The van der Waals surface area contributed by atoms with E-state index in [4.69, 9.17) is 4.74 Å². The third-order valence-electron chi connectivity index (χ3n) is 3.15. The van der Waals surface area contributed by atoms with Crippen LogP contribution >= 0.6 is 0 Å². The Bertz CT molecular complexity index is 324. The molecule has 2 atom stereocenters. The lowest BCUT2D eigenvalue weighted by atomic mass is 10.0. The second-order valence-electron chi connectivity index (χ2n) is 4.63. The summed E-state index contributed by atoms with van der Waals surface area (Å²) in [4.78, 5) is 0. The summed E-state index contributed by atoms with van der Waals surface area (Å²) >= 11 is 0. The minimum atomic E-state index is 0.288. The lowest BCUT2D eigenvalue weighted by molar-refractivity contribution is 0.0452. The number of hydrogen-bond acceptors (Lipinski definition) is 2. The van der Waals surface area contributed by atoms with Crippen molar-refractivity contribution in [3.05, 3.63) is 35.4 Å². The number of nitrogens with one attached hydrogen (secondary N) is 1. The molecule has 1 rings (SSSR count). The topological polar surface area (TPSA) is 21.3 Å². The maximum atomic E-state index is 5.88. The van der Waals surface area contributed by atoms with Crippen LogP contribution < -0.4 is 5.32 Å². The molecule has 0 aliphatic rings. The lowest BCUT2D eigenvalue weighted by Crippen LogP contribution is -2.25. The molecule has 2 heteroatoms. The zero-order valence-electron chi connectivity index (χ0n) is 11.5. The van der Waals surface area contributed by atoms with Crippen molar-refractivity contribution in [3.63, 3.8) is 0 Å². The van der Waals surface area contributed by atoms with Crippen molar-refractivity contribution in [1.29, 1.82) is 0 Å². The molecule has 0 heterocycles. The molecule has 0 bridgehead atoms. The van der Waals surface area contributed by atoms with E-state index in [9.17, 15) is 0 Å². The second-order valence-corrected chi connectivity index (χ2v) is 4.63. The Kier molecular flexibility index (Phi) is 6.23. The van der Waals surface area contributed by atoms with Gasteiger partial charge in [-0.15, -0.1) is 0 Å². The van der Waals surface area contributed by atoms with Gasteiger partial charge in [-0.1, -0.05) is 37.6 Å². The molecule has 17 heavy (non-hydrogen) atoms. The van der Waals surface area contributed by atoms with Gasteiger partial charge in [0, 0.05) is 0 Å². The van der Waals surface area contributed by atoms with Gasteiger partial charge in [-0.05, 0) is 38.4 Å². The molecule has 1 aromatic carbocycles. The van der Waals surface area contributed by atoms with Crippen LogP contribution in [-0.2, 0) is 4.74 Å². The van der Waals surface area contributed by atoms with E-state index in [1.165, 1.54) is 17.5 Å². The predicted octanol–water partition coefficient (Wildman–Crippen LogP) is 3.46. The first-order chi connectivity index (χ1) is 8.19. The van der Waals surface area contributed by atoms with Gasteiger partial charge in [0.25, 0.3) is 0 Å². The molecular weight excluding hydrogens is 210 g/mol. The normalized spacial score (nSPS) is 14.6. The molecular formula is C15H25NO. The summed E-state index contributed by atoms with van der Waals surface area (Å²) in [5, 5.41) is 3.33. The molecule has 0 saturated carbocycles. The van der Waals surface area contributed by atoms with E-state index < -0.39 is 0 Å². The largest absolute Gasteiger partial charge is 0.377 e. The molecule has 0 aromatic heterocycles. The average Bonchev–Trinajstić information content (AvgIpc) is 2.32. The molecule has 0 amide bonds. The van der Waals surface area contributed by atoms with Crippen LogP contribution in [0.3, 0.4) is 0 Å². The molecule has 0 spiro atoms. The highest BCUT2D eigenvalue weighted by molar-refractivity contribution is 5.28. The number of rotatable bonds is 7. The lowest BCUT2D eigenvalue weighted by Gasteiger charge is -2.21. The van der Waals surface area contributed by atoms with Crippen LogP contribution in [0.2, 0.25) is 0 Å². The fourth-order valence-electron chi connectivity index (χ4n) is 2.06. The third kappa shape index (κ3) is 4.49. The first-order valence-electron chi connectivity index (χ1n) is 6.53. The quantitative estimate of drug-likeness (QED) is 0.781. The summed E-state index contributed by atoms with van der Waals surface area (Å²) in [6, 6.07) is 8.77. The maximum absolute atomic E-state index is 5.88. The highest BCUT2D eigenvalue weighted by atomic mass is 16.5. The van der Waals surface area contributed by atoms with Crippen molar-refractivity contribution >= 4 is 0 Å². The van der Waals surface area contributed by atoms with Crippen LogP contribution in [0.1, 0.15) is 43.9 Å². The van der Waals surface area contributed by atoms with Gasteiger partial charge in [0.15, 0.2) is 0 Å². The monoisotopic (exact) mass is 235 g/mol. The molecule has 1 aromatic rings. The van der Waals surface area contributed by atoms with Crippen LogP contribution in [0, 0.1) is 6.92 Å². The van der Waals surface area contributed by atoms with Crippen LogP contribution in [0.4, 0.5) is 0 Å². The van der Waals surface area contributed by atoms with Crippen LogP contribution in [-0.4, -0.2) is 19.8 Å². The first kappa shape index (κ1) is 14.2. The smallest absolute Gasteiger partial charge is 0.0665 e. The van der Waals surface area contributed by atoms with Gasteiger partial charge in [-0.25, -0.2) is 0 Å². The van der Waals surface area contributed by atoms with Gasteiger partial charge in [-0.2, -0.15) is 0 Å². The summed E-state index contributed by atoms with van der Waals surface area (Å²) in [5.74, 6) is 0. The fraction of sp³-hybridized carbons (Fsp3) is 0.600. The molecule has 2 nitrogen and oxygen atoms in total. The standard InChI is InChI=1S/C15H25NO/c1-5-8-13(3)17-11-15(16-4)14-10-7-6-9-12(14)2/h6-7,9-10,13,15-16H,5,8,11H2,1-4H3. The Morgan fingerprint density at radius 1 is 1.29 bits per heavy atom. The van der Waals surface area contributed by atoms with E-state index in [0.29, 0.717) is 6.10 Å². The van der Waals surface area contributed by atoms with Crippen molar-refractivity contribution in [2.75, 3.05) is 13.7 Å². The molecule has 2 unspecified atom stereocenters. The fourth-order valence-corrected chi connectivity index (χ4v) is 2.06. The number of likely N-dealkylation sites (N-methyl/N-ethyl adjacent to an activating group) is 1. The van der Waals surface area contributed by atoms with Gasteiger partial charge in [0.05, 0.1) is 18.8 Å². The predicted molar refractivity (Wildman–Crippen MR) is 73.3 cm³/mol. The Hall–Kier alpha value is -0.860. The van der Waals surface area contributed by atoms with E-state index >= 15 is 0 Å². The molecule has 0 fully saturated rings. The maximum Gasteiger partial charge on any atom is 0.0665 e. The van der Waals surface area contributed by atoms with Crippen LogP contribution in [0.5, 0.6) is 0 Å². The zero-order valence-corrected chi connectivity index (χ0v) is 11.5. The summed E-state index contributed by atoms with van der Waals surface area (Å²) < 4.78 is 5.88. The Labute approximate surface area is 105 Å². The molecule has 1 N–H and O–H groups in total. The van der Waals surface area contributed by atoms with E-state index in [-0.39, 0.29) is 6.04 Å². The SMILES string of the molecule is CCCC(C)OCC(NC)c1ccccc1C. The zero-order chi connectivity index (χ0) is 12.7. The third-order valence-corrected chi connectivity index (χ3v) is 3.15. The summed E-state index contributed by atoms with van der Waals surface area (Å²) in [5.41, 5.74) is 2.65. The highest BCUT2D eigenvalue weighted by Gasteiger charge is 2.12. The van der Waals surface area contributed by atoms with Gasteiger partial charge < -0.3 is 10.1 Å². The van der Waals surface area contributed by atoms with Gasteiger partial charge in [0.2, 0.25) is 0 Å². The average molecular weight is 235 g/mol. The number of benzene rings is 1. The number of hydrogen-bond donors (Lipinski definition) is 1. The molecule has 96 valence electrons. The molecule has 0 aliphatic heterocycles. The van der Waals surface area contributed by atoms with Gasteiger partial charge >= 0.3 is 0 Å². The minimum Gasteiger partial charge on any atom is -0.377 e. The molecule has 0 aliphatic carbocycles. The summed E-state index contributed by atoms with van der Waals surface area (Å²) in [6.07, 6.45) is 2.65. The van der Waals surface area contributed by atoms with E-state index in [0.717, 1.165) is 13.0 Å². The Morgan fingerprint density at radius 3 is 2.59 bits per heavy atom. The minimum absolute atomic E-state index is 0.288. The van der Waals surface area contributed by atoms with E-state index in [1.54, 1.807) is 0 Å². The van der Waals surface area contributed by atoms with Crippen molar-refractivity contribution < 1.29 is 4.74 Å². The van der Waals surface area contributed by atoms with Gasteiger partial charge in [-0.3, -0.25) is 0 Å². The second kappa shape index (κ2) is 7.46. The molecule has 0 radical (unpaired) electrons. The van der Waals surface area contributed by atoms with Crippen molar-refractivity contribution in [2.24, 2.45) is 0 Å². The summed E-state index contributed by atoms with van der Waals surface area (Å²) in [6.45, 7) is 7.22. The van der Waals surface area contributed by atoms with Crippen molar-refractivity contribution in [2.45, 2.75) is 45.8 Å². The number of ether oxygens (including phenoxy) is 1. The first-order valence-corrected chi connectivity index (χ1v) is 6.53. The number of aryl methyl sites for hydroxylation is 1.